The van der Waals surface area contributed by atoms with Gasteiger partial charge < -0.3 is 4.74 Å². The van der Waals surface area contributed by atoms with Crippen molar-refractivity contribution < 1.29 is 14.5 Å². The van der Waals surface area contributed by atoms with E-state index in [1.54, 1.807) is 0 Å². The van der Waals surface area contributed by atoms with Gasteiger partial charge in [-0.2, -0.15) is 0 Å². The first-order chi connectivity index (χ1) is 2.91. The standard InChI is InChI=1S/C3H8O3.CH4/c1-4-3-6-5-2;/h3H2,1-2H3;1H4. The van der Waals surface area contributed by atoms with Crippen LogP contribution >= 0.6 is 0 Å². The predicted octanol–water partition coefficient (Wildman–Crippen LogP) is 0.804. The minimum absolute atomic E-state index is 0. The smallest absolute Gasteiger partial charge is 0.180 e. The van der Waals surface area contributed by atoms with Gasteiger partial charge >= 0.3 is 0 Å². The van der Waals surface area contributed by atoms with Crippen LogP contribution in [-0.4, -0.2) is 21.0 Å². The summed E-state index contributed by atoms with van der Waals surface area (Å²) < 4.78 is 4.44. The highest BCUT2D eigenvalue weighted by atomic mass is 17.2. The molecule has 0 rings (SSSR count). The van der Waals surface area contributed by atoms with Crippen LogP contribution in [0.5, 0.6) is 0 Å². The van der Waals surface area contributed by atoms with Gasteiger partial charge in [0.2, 0.25) is 0 Å². The molecule has 0 amide bonds. The van der Waals surface area contributed by atoms with Gasteiger partial charge in [-0.25, -0.2) is 9.78 Å². The first-order valence-corrected chi connectivity index (χ1v) is 1.56. The van der Waals surface area contributed by atoms with Crippen LogP contribution in [0.2, 0.25) is 0 Å². The summed E-state index contributed by atoms with van der Waals surface area (Å²) in [6, 6.07) is 0. The van der Waals surface area contributed by atoms with Gasteiger partial charge in [0, 0.05) is 7.11 Å². The summed E-state index contributed by atoms with van der Waals surface area (Å²) in [5.41, 5.74) is 0. The zero-order chi connectivity index (χ0) is 4.83. The van der Waals surface area contributed by atoms with Crippen molar-refractivity contribution in [2.75, 3.05) is 21.0 Å². The molecule has 0 aliphatic rings. The van der Waals surface area contributed by atoms with E-state index in [9.17, 15) is 0 Å². The molecule has 0 unspecified atom stereocenters. The number of rotatable bonds is 3. The normalized spacial score (nSPS) is 7.71. The molecule has 0 radical (unpaired) electrons. The molecule has 7 heavy (non-hydrogen) atoms. The van der Waals surface area contributed by atoms with Gasteiger partial charge in [-0.1, -0.05) is 7.43 Å². The fourth-order valence-electron chi connectivity index (χ4n) is 0.0962. The van der Waals surface area contributed by atoms with E-state index in [2.05, 4.69) is 14.5 Å². The lowest BCUT2D eigenvalue weighted by molar-refractivity contribution is -0.314. The highest BCUT2D eigenvalue weighted by Gasteiger charge is 1.71. The lowest BCUT2D eigenvalue weighted by atomic mass is 11.4. The summed E-state index contributed by atoms with van der Waals surface area (Å²) in [7, 11) is 2.96. The second-order valence-electron chi connectivity index (χ2n) is 0.691. The van der Waals surface area contributed by atoms with Crippen molar-refractivity contribution in [2.45, 2.75) is 7.43 Å². The molecule has 3 heteroatoms. The molecule has 0 saturated heterocycles. The van der Waals surface area contributed by atoms with Crippen LogP contribution in [0.15, 0.2) is 0 Å². The molecule has 0 atom stereocenters. The molecule has 0 saturated carbocycles. The third kappa shape index (κ3) is 10.7. The molecule has 0 bridgehead atoms. The van der Waals surface area contributed by atoms with E-state index in [0.717, 1.165) is 0 Å². The molecule has 0 N–H and O–H groups in total. The third-order valence-electron chi connectivity index (χ3n) is 0.284. The van der Waals surface area contributed by atoms with Crippen molar-refractivity contribution in [1.82, 2.24) is 0 Å². The Balaban J connectivity index is 0. The van der Waals surface area contributed by atoms with Gasteiger partial charge in [-0.05, 0) is 0 Å². The first kappa shape index (κ1) is 9.99. The van der Waals surface area contributed by atoms with E-state index in [4.69, 9.17) is 0 Å². The summed E-state index contributed by atoms with van der Waals surface area (Å²) in [6.07, 6.45) is 0. The van der Waals surface area contributed by atoms with E-state index in [-0.39, 0.29) is 14.2 Å². The Hall–Kier alpha value is -0.120. The van der Waals surface area contributed by atoms with E-state index in [1.807, 2.05) is 0 Å². The molecule has 46 valence electrons. The van der Waals surface area contributed by atoms with Gasteiger partial charge in [0.15, 0.2) is 6.79 Å². The van der Waals surface area contributed by atoms with Crippen molar-refractivity contribution in [3.63, 3.8) is 0 Å². The summed E-state index contributed by atoms with van der Waals surface area (Å²) >= 11 is 0. The van der Waals surface area contributed by atoms with Crippen LogP contribution in [0.4, 0.5) is 0 Å². The molecule has 0 aliphatic carbocycles. The number of hydrogen-bond donors (Lipinski definition) is 0. The minimum Gasteiger partial charge on any atom is -0.355 e. The first-order valence-electron chi connectivity index (χ1n) is 1.56. The monoisotopic (exact) mass is 108 g/mol. The number of ether oxygens (including phenoxy) is 1. The molecule has 0 aromatic rings. The third-order valence-corrected chi connectivity index (χ3v) is 0.284. The Morgan fingerprint density at radius 3 is 2.00 bits per heavy atom. The molecule has 0 aromatic heterocycles. The molecule has 0 aliphatic heterocycles. The van der Waals surface area contributed by atoms with E-state index < -0.39 is 0 Å². The van der Waals surface area contributed by atoms with Crippen molar-refractivity contribution >= 4 is 0 Å². The number of methoxy groups -OCH3 is 1. The predicted molar refractivity (Wildman–Crippen MR) is 26.7 cm³/mol. The number of hydrogen-bond acceptors (Lipinski definition) is 3. The molecular formula is C4H12O3. The largest absolute Gasteiger partial charge is 0.355 e. The van der Waals surface area contributed by atoms with Crippen molar-refractivity contribution in [1.29, 1.82) is 0 Å². The Labute approximate surface area is 44.1 Å². The summed E-state index contributed by atoms with van der Waals surface area (Å²) in [4.78, 5) is 8.42. The minimum atomic E-state index is 0. The lowest BCUT2D eigenvalue weighted by Crippen LogP contribution is -1.92. The SMILES string of the molecule is C.COCOOC. The van der Waals surface area contributed by atoms with E-state index in [0.29, 0.717) is 0 Å². The van der Waals surface area contributed by atoms with E-state index >= 15 is 0 Å². The fraction of sp³-hybridized carbons (Fsp3) is 1.00. The fourth-order valence-corrected chi connectivity index (χ4v) is 0.0962. The quantitative estimate of drug-likeness (QED) is 0.232. The molecular weight excluding hydrogens is 96.0 g/mol. The lowest BCUT2D eigenvalue weighted by Gasteiger charge is -1.92. The van der Waals surface area contributed by atoms with Gasteiger partial charge in [0.1, 0.15) is 0 Å². The molecule has 0 aromatic carbocycles. The Morgan fingerprint density at radius 1 is 1.29 bits per heavy atom. The maximum absolute atomic E-state index is 4.44. The zero-order valence-corrected chi connectivity index (χ0v) is 3.93. The van der Waals surface area contributed by atoms with Crippen LogP contribution < -0.4 is 0 Å². The maximum Gasteiger partial charge on any atom is 0.180 e. The Bertz CT molecular complexity index is 18.9. The van der Waals surface area contributed by atoms with Crippen molar-refractivity contribution in [2.24, 2.45) is 0 Å². The highest BCUT2D eigenvalue weighted by Crippen LogP contribution is 1.69. The molecule has 0 fully saturated rings. The van der Waals surface area contributed by atoms with Crippen LogP contribution in [-0.2, 0) is 14.5 Å². The Kier molecular flexibility index (Phi) is 13.3. The van der Waals surface area contributed by atoms with Crippen LogP contribution in [0, 0.1) is 0 Å². The molecule has 0 spiro atoms. The van der Waals surface area contributed by atoms with Gasteiger partial charge in [0.05, 0.1) is 7.11 Å². The maximum atomic E-state index is 4.44. The highest BCUT2D eigenvalue weighted by molar-refractivity contribution is 3.80. The van der Waals surface area contributed by atoms with Crippen LogP contribution in [0.1, 0.15) is 7.43 Å². The average molecular weight is 108 g/mol. The summed E-state index contributed by atoms with van der Waals surface area (Å²) in [5, 5.41) is 0. The van der Waals surface area contributed by atoms with Gasteiger partial charge in [-0.15, -0.1) is 0 Å². The van der Waals surface area contributed by atoms with Gasteiger partial charge in [-0.3, -0.25) is 0 Å². The van der Waals surface area contributed by atoms with Crippen molar-refractivity contribution in [3.05, 3.63) is 0 Å². The van der Waals surface area contributed by atoms with Crippen molar-refractivity contribution in [3.8, 4) is 0 Å². The van der Waals surface area contributed by atoms with E-state index in [1.165, 1.54) is 14.2 Å². The van der Waals surface area contributed by atoms with Gasteiger partial charge in [0.25, 0.3) is 0 Å². The average Bonchev–Trinajstić information content (AvgIpc) is 1.61. The summed E-state index contributed by atoms with van der Waals surface area (Å²) in [5.74, 6) is 0. The molecule has 0 heterocycles. The second-order valence-corrected chi connectivity index (χ2v) is 0.691. The second kappa shape index (κ2) is 9.30. The topological polar surface area (TPSA) is 27.7 Å². The zero-order valence-electron chi connectivity index (χ0n) is 3.93. The molecule has 3 nitrogen and oxygen atoms in total. The van der Waals surface area contributed by atoms with Crippen LogP contribution in [0.3, 0.4) is 0 Å². The Morgan fingerprint density at radius 2 is 1.86 bits per heavy atom. The summed E-state index contributed by atoms with van der Waals surface area (Å²) in [6.45, 7) is 0.191. The van der Waals surface area contributed by atoms with Crippen LogP contribution in [0.25, 0.3) is 0 Å².